The molecule has 1 aromatic heterocycles. The number of hydrogen-bond donors (Lipinski definition) is 1. The van der Waals surface area contributed by atoms with Crippen molar-refractivity contribution in [2.45, 2.75) is 26.2 Å². The Morgan fingerprint density at radius 2 is 2.19 bits per heavy atom. The van der Waals surface area contributed by atoms with Gasteiger partial charge in [0.2, 0.25) is 5.91 Å². The zero-order valence-electron chi connectivity index (χ0n) is 12.0. The first kappa shape index (κ1) is 13.1. The second-order valence-electron chi connectivity index (χ2n) is 6.00. The van der Waals surface area contributed by atoms with Crippen LogP contribution in [0.4, 0.5) is 5.13 Å². The van der Waals surface area contributed by atoms with Crippen LogP contribution in [-0.4, -0.2) is 17.5 Å². The number of aromatic nitrogens is 1. The predicted octanol–water partition coefficient (Wildman–Crippen LogP) is 3.68. The lowest BCUT2D eigenvalue weighted by Gasteiger charge is -2.09. The third-order valence-corrected chi connectivity index (χ3v) is 5.45. The lowest BCUT2D eigenvalue weighted by Crippen LogP contribution is -2.21. The predicted molar refractivity (Wildman–Crippen MR) is 83.7 cm³/mol. The van der Waals surface area contributed by atoms with Crippen LogP contribution >= 0.6 is 11.3 Å². The number of rotatable bonds is 4. The lowest BCUT2D eigenvalue weighted by molar-refractivity contribution is -0.120. The highest BCUT2D eigenvalue weighted by Gasteiger charge is 2.48. The Labute approximate surface area is 127 Å². The molecule has 2 unspecified atom stereocenters. The van der Waals surface area contributed by atoms with Gasteiger partial charge in [0.25, 0.3) is 0 Å². The van der Waals surface area contributed by atoms with Gasteiger partial charge in [-0.25, -0.2) is 4.98 Å². The number of nitrogens with one attached hydrogen (secondary N) is 1. The zero-order chi connectivity index (χ0) is 14.4. The maximum Gasteiger partial charge on any atom is 0.229 e. The first-order valence-corrected chi connectivity index (χ1v) is 8.39. The average Bonchev–Trinajstić information content (AvgIpc) is 2.91. The van der Waals surface area contributed by atoms with Gasteiger partial charge < -0.3 is 10.1 Å². The van der Waals surface area contributed by atoms with Crippen molar-refractivity contribution < 1.29 is 9.53 Å². The Balaban J connectivity index is 1.49. The highest BCUT2D eigenvalue weighted by molar-refractivity contribution is 7.22. The monoisotopic (exact) mass is 302 g/mol. The molecule has 1 aromatic carbocycles. The molecule has 0 saturated heterocycles. The van der Waals surface area contributed by atoms with E-state index < -0.39 is 0 Å². The fraction of sp³-hybridized carbons (Fsp3) is 0.500. The molecular formula is C16H18N2O2S. The van der Waals surface area contributed by atoms with E-state index in [0.717, 1.165) is 40.6 Å². The second kappa shape index (κ2) is 4.98. The highest BCUT2D eigenvalue weighted by atomic mass is 32.1. The minimum absolute atomic E-state index is 0.145. The summed E-state index contributed by atoms with van der Waals surface area (Å²) < 4.78 is 6.54. The van der Waals surface area contributed by atoms with Gasteiger partial charge in [0.05, 0.1) is 16.8 Å². The van der Waals surface area contributed by atoms with Gasteiger partial charge in [0.1, 0.15) is 5.75 Å². The average molecular weight is 302 g/mol. The van der Waals surface area contributed by atoms with Gasteiger partial charge in [0, 0.05) is 5.92 Å². The molecule has 1 heterocycles. The van der Waals surface area contributed by atoms with Crippen molar-refractivity contribution in [3.63, 3.8) is 0 Å². The molecule has 2 atom stereocenters. The summed E-state index contributed by atoms with van der Waals surface area (Å²) in [5.41, 5.74) is 0.910. The van der Waals surface area contributed by atoms with E-state index in [9.17, 15) is 4.79 Å². The Bertz CT molecular complexity index is 687. The SMILES string of the molecule is CCOc1ccc2nc(NC(=O)C3CC4CC4C3)sc2c1. The quantitative estimate of drug-likeness (QED) is 0.937. The van der Waals surface area contributed by atoms with Gasteiger partial charge in [0.15, 0.2) is 5.13 Å². The second-order valence-corrected chi connectivity index (χ2v) is 7.03. The van der Waals surface area contributed by atoms with Crippen LogP contribution in [-0.2, 0) is 4.79 Å². The first-order chi connectivity index (χ1) is 10.2. The summed E-state index contributed by atoms with van der Waals surface area (Å²) in [7, 11) is 0. The van der Waals surface area contributed by atoms with Crippen molar-refractivity contribution in [1.29, 1.82) is 0 Å². The smallest absolute Gasteiger partial charge is 0.229 e. The summed E-state index contributed by atoms with van der Waals surface area (Å²) >= 11 is 1.51. The molecule has 1 N–H and O–H groups in total. The Morgan fingerprint density at radius 3 is 2.95 bits per heavy atom. The number of ether oxygens (including phenoxy) is 1. The lowest BCUT2D eigenvalue weighted by atomic mass is 10.0. The fourth-order valence-electron chi connectivity index (χ4n) is 3.35. The van der Waals surface area contributed by atoms with Crippen molar-refractivity contribution in [2.24, 2.45) is 17.8 Å². The molecule has 0 bridgehead atoms. The van der Waals surface area contributed by atoms with E-state index >= 15 is 0 Å². The number of benzene rings is 1. The van der Waals surface area contributed by atoms with Crippen molar-refractivity contribution in [2.75, 3.05) is 11.9 Å². The Kier molecular flexibility index (Phi) is 3.10. The standard InChI is InChI=1S/C16H18N2O2S/c1-2-20-12-3-4-13-14(8-12)21-16(17-13)18-15(19)11-6-9-5-10(9)7-11/h3-4,8-11H,2,5-7H2,1H3,(H,17,18,19). The van der Waals surface area contributed by atoms with Crippen LogP contribution in [0.1, 0.15) is 26.2 Å². The van der Waals surface area contributed by atoms with E-state index in [1.165, 1.54) is 17.8 Å². The highest BCUT2D eigenvalue weighted by Crippen LogP contribution is 2.54. The third-order valence-electron chi connectivity index (χ3n) is 4.52. The number of nitrogens with zero attached hydrogens (tertiary/aromatic N) is 1. The maximum absolute atomic E-state index is 12.3. The van der Waals surface area contributed by atoms with Crippen molar-refractivity contribution >= 4 is 32.6 Å². The molecule has 2 fully saturated rings. The topological polar surface area (TPSA) is 51.2 Å². The molecule has 1 amide bonds. The van der Waals surface area contributed by atoms with Crippen molar-refractivity contribution in [3.05, 3.63) is 18.2 Å². The van der Waals surface area contributed by atoms with Crippen molar-refractivity contribution in [3.8, 4) is 5.75 Å². The van der Waals surface area contributed by atoms with Gasteiger partial charge in [-0.1, -0.05) is 11.3 Å². The molecule has 5 heteroatoms. The largest absolute Gasteiger partial charge is 0.494 e. The molecule has 2 aromatic rings. The van der Waals surface area contributed by atoms with Gasteiger partial charge in [-0.15, -0.1) is 0 Å². The zero-order valence-corrected chi connectivity index (χ0v) is 12.8. The molecule has 2 aliphatic carbocycles. The molecule has 4 rings (SSSR count). The summed E-state index contributed by atoms with van der Waals surface area (Å²) in [5.74, 6) is 2.84. The molecule has 21 heavy (non-hydrogen) atoms. The summed E-state index contributed by atoms with van der Waals surface area (Å²) in [6.07, 6.45) is 3.47. The summed E-state index contributed by atoms with van der Waals surface area (Å²) in [6.45, 7) is 2.62. The minimum Gasteiger partial charge on any atom is -0.494 e. The van der Waals surface area contributed by atoms with Gasteiger partial charge in [-0.3, -0.25) is 4.79 Å². The minimum atomic E-state index is 0.145. The number of thiazole rings is 1. The van der Waals surface area contributed by atoms with Crippen LogP contribution in [0.5, 0.6) is 5.75 Å². The summed E-state index contributed by atoms with van der Waals surface area (Å²) in [4.78, 5) is 16.7. The first-order valence-electron chi connectivity index (χ1n) is 7.57. The van der Waals surface area contributed by atoms with Crippen LogP contribution in [0, 0.1) is 17.8 Å². The van der Waals surface area contributed by atoms with Crippen LogP contribution in [0.25, 0.3) is 10.2 Å². The number of anilines is 1. The van der Waals surface area contributed by atoms with Gasteiger partial charge in [-0.05, 0) is 56.2 Å². The Morgan fingerprint density at radius 1 is 1.38 bits per heavy atom. The molecule has 0 spiro atoms. The van der Waals surface area contributed by atoms with E-state index in [1.807, 2.05) is 25.1 Å². The Hall–Kier alpha value is -1.62. The molecule has 0 radical (unpaired) electrons. The van der Waals surface area contributed by atoms with E-state index in [1.54, 1.807) is 0 Å². The normalized spacial score (nSPS) is 26.6. The van der Waals surface area contributed by atoms with Gasteiger partial charge in [-0.2, -0.15) is 0 Å². The summed E-state index contributed by atoms with van der Waals surface area (Å²) in [6, 6.07) is 5.84. The van der Waals surface area contributed by atoms with Crippen LogP contribution in [0.15, 0.2) is 18.2 Å². The molecule has 4 nitrogen and oxygen atoms in total. The van der Waals surface area contributed by atoms with Crippen LogP contribution in [0.2, 0.25) is 0 Å². The van der Waals surface area contributed by atoms with Crippen molar-refractivity contribution in [1.82, 2.24) is 4.98 Å². The number of fused-ring (bicyclic) bond motifs is 2. The number of carbonyl (C=O) groups excluding carboxylic acids is 1. The third kappa shape index (κ3) is 2.50. The maximum atomic E-state index is 12.3. The number of amides is 1. The molecule has 0 aliphatic heterocycles. The number of hydrogen-bond acceptors (Lipinski definition) is 4. The molecular weight excluding hydrogens is 284 g/mol. The van der Waals surface area contributed by atoms with Gasteiger partial charge >= 0.3 is 0 Å². The molecule has 2 saturated carbocycles. The van der Waals surface area contributed by atoms with Crippen LogP contribution < -0.4 is 10.1 Å². The van der Waals surface area contributed by atoms with E-state index in [0.29, 0.717) is 11.7 Å². The molecule has 110 valence electrons. The fourth-order valence-corrected chi connectivity index (χ4v) is 4.25. The van der Waals surface area contributed by atoms with Crippen LogP contribution in [0.3, 0.4) is 0 Å². The number of carbonyl (C=O) groups is 1. The van der Waals surface area contributed by atoms with E-state index in [4.69, 9.17) is 4.74 Å². The molecule has 2 aliphatic rings. The summed E-state index contributed by atoms with van der Waals surface area (Å²) in [5, 5.41) is 3.69. The van der Waals surface area contributed by atoms with E-state index in [2.05, 4.69) is 10.3 Å². The van der Waals surface area contributed by atoms with E-state index in [-0.39, 0.29) is 11.8 Å².